The minimum atomic E-state index is 0.102. The molecule has 122 valence electrons. The SMILES string of the molecule is CCN(CC)CCC(NN)c1c(Br)cnn1CCN(C)C. The quantitative estimate of drug-likeness (QED) is 0.488. The van der Waals surface area contributed by atoms with Crippen molar-refractivity contribution in [2.24, 2.45) is 5.84 Å². The molecular weight excluding hydrogens is 332 g/mol. The van der Waals surface area contributed by atoms with E-state index in [-0.39, 0.29) is 6.04 Å². The Balaban J connectivity index is 2.77. The summed E-state index contributed by atoms with van der Waals surface area (Å²) in [7, 11) is 4.13. The minimum Gasteiger partial charge on any atom is -0.308 e. The van der Waals surface area contributed by atoms with Crippen LogP contribution < -0.4 is 11.3 Å². The number of rotatable bonds is 10. The molecule has 1 atom stereocenters. The smallest absolute Gasteiger partial charge is 0.0710 e. The lowest BCUT2D eigenvalue weighted by molar-refractivity contribution is 0.277. The highest BCUT2D eigenvalue weighted by atomic mass is 79.9. The monoisotopic (exact) mass is 360 g/mol. The maximum absolute atomic E-state index is 5.79. The van der Waals surface area contributed by atoms with E-state index < -0.39 is 0 Å². The third kappa shape index (κ3) is 5.67. The number of hydrogen-bond donors (Lipinski definition) is 2. The second kappa shape index (κ2) is 9.53. The second-order valence-corrected chi connectivity index (χ2v) is 6.29. The van der Waals surface area contributed by atoms with Gasteiger partial charge in [-0.2, -0.15) is 5.10 Å². The maximum Gasteiger partial charge on any atom is 0.0710 e. The summed E-state index contributed by atoms with van der Waals surface area (Å²) in [5, 5.41) is 4.46. The molecule has 0 aliphatic rings. The zero-order valence-electron chi connectivity index (χ0n) is 13.6. The fourth-order valence-corrected chi connectivity index (χ4v) is 2.91. The summed E-state index contributed by atoms with van der Waals surface area (Å²) in [5.41, 5.74) is 4.08. The van der Waals surface area contributed by atoms with Crippen LogP contribution >= 0.6 is 15.9 Å². The Kier molecular flexibility index (Phi) is 8.43. The fourth-order valence-electron chi connectivity index (χ4n) is 2.34. The zero-order chi connectivity index (χ0) is 15.8. The number of nitrogens with zero attached hydrogens (tertiary/aromatic N) is 4. The molecule has 1 rings (SSSR count). The first-order valence-corrected chi connectivity index (χ1v) is 8.37. The predicted octanol–water partition coefficient (Wildman–Crippen LogP) is 1.44. The number of likely N-dealkylation sites (N-methyl/N-ethyl adjacent to an activating group) is 1. The van der Waals surface area contributed by atoms with E-state index in [1.807, 2.05) is 10.9 Å². The zero-order valence-corrected chi connectivity index (χ0v) is 15.2. The van der Waals surface area contributed by atoms with E-state index in [0.29, 0.717) is 0 Å². The molecule has 0 amide bonds. The van der Waals surface area contributed by atoms with E-state index in [0.717, 1.165) is 49.3 Å². The van der Waals surface area contributed by atoms with E-state index >= 15 is 0 Å². The fraction of sp³-hybridized carbons (Fsp3) is 0.786. The Morgan fingerprint density at radius 1 is 1.33 bits per heavy atom. The van der Waals surface area contributed by atoms with Gasteiger partial charge in [0.25, 0.3) is 0 Å². The van der Waals surface area contributed by atoms with Gasteiger partial charge in [-0.05, 0) is 49.5 Å². The summed E-state index contributed by atoms with van der Waals surface area (Å²) in [6.07, 6.45) is 2.82. The van der Waals surface area contributed by atoms with Gasteiger partial charge in [-0.15, -0.1) is 0 Å². The van der Waals surface area contributed by atoms with Gasteiger partial charge in [0.05, 0.1) is 29.0 Å². The molecule has 0 fully saturated rings. The summed E-state index contributed by atoms with van der Waals surface area (Å²) >= 11 is 3.60. The van der Waals surface area contributed by atoms with Gasteiger partial charge in [0, 0.05) is 13.1 Å². The highest BCUT2D eigenvalue weighted by Gasteiger charge is 2.19. The highest BCUT2D eigenvalue weighted by Crippen LogP contribution is 2.25. The normalized spacial score (nSPS) is 13.3. The summed E-state index contributed by atoms with van der Waals surface area (Å²) < 4.78 is 3.06. The number of nitrogens with one attached hydrogen (secondary N) is 1. The molecule has 21 heavy (non-hydrogen) atoms. The van der Waals surface area contributed by atoms with Gasteiger partial charge in [-0.3, -0.25) is 16.0 Å². The van der Waals surface area contributed by atoms with E-state index in [4.69, 9.17) is 5.84 Å². The summed E-state index contributed by atoms with van der Waals surface area (Å²) in [6, 6.07) is 0.102. The molecule has 1 aromatic heterocycles. The summed E-state index contributed by atoms with van der Waals surface area (Å²) in [6.45, 7) is 9.33. The molecule has 0 aromatic carbocycles. The average Bonchev–Trinajstić information content (AvgIpc) is 2.83. The molecular formula is C14H29BrN6. The molecule has 3 N–H and O–H groups in total. The third-order valence-electron chi connectivity index (χ3n) is 3.75. The first kappa shape index (κ1) is 18.6. The Bertz CT molecular complexity index is 402. The van der Waals surface area contributed by atoms with Crippen LogP contribution in [0.5, 0.6) is 0 Å². The molecule has 7 heteroatoms. The lowest BCUT2D eigenvalue weighted by atomic mass is 10.1. The van der Waals surface area contributed by atoms with Crippen molar-refractivity contribution < 1.29 is 0 Å². The number of aromatic nitrogens is 2. The van der Waals surface area contributed by atoms with Crippen molar-refractivity contribution in [3.63, 3.8) is 0 Å². The van der Waals surface area contributed by atoms with Gasteiger partial charge in [0.2, 0.25) is 0 Å². The van der Waals surface area contributed by atoms with E-state index in [1.165, 1.54) is 0 Å². The van der Waals surface area contributed by atoms with Crippen molar-refractivity contribution in [3.05, 3.63) is 16.4 Å². The number of hydrazine groups is 1. The molecule has 1 aromatic rings. The molecule has 0 bridgehead atoms. The van der Waals surface area contributed by atoms with Crippen molar-refractivity contribution in [2.45, 2.75) is 32.9 Å². The predicted molar refractivity (Wildman–Crippen MR) is 91.0 cm³/mol. The van der Waals surface area contributed by atoms with Crippen molar-refractivity contribution in [1.29, 1.82) is 0 Å². The van der Waals surface area contributed by atoms with E-state index in [9.17, 15) is 0 Å². The van der Waals surface area contributed by atoms with Crippen molar-refractivity contribution in [2.75, 3.05) is 40.3 Å². The summed E-state index contributed by atoms with van der Waals surface area (Å²) in [5.74, 6) is 5.79. The van der Waals surface area contributed by atoms with Crippen molar-refractivity contribution in [3.8, 4) is 0 Å². The van der Waals surface area contributed by atoms with Crippen LogP contribution in [0.1, 0.15) is 32.0 Å². The lowest BCUT2D eigenvalue weighted by Gasteiger charge is -2.23. The van der Waals surface area contributed by atoms with Crippen LogP contribution in [0.4, 0.5) is 0 Å². The summed E-state index contributed by atoms with van der Waals surface area (Å²) in [4.78, 5) is 4.55. The van der Waals surface area contributed by atoms with Gasteiger partial charge in [-0.1, -0.05) is 13.8 Å². The van der Waals surface area contributed by atoms with Gasteiger partial charge in [0.1, 0.15) is 0 Å². The van der Waals surface area contributed by atoms with Crippen molar-refractivity contribution in [1.82, 2.24) is 25.0 Å². The first-order valence-electron chi connectivity index (χ1n) is 7.57. The molecule has 0 spiro atoms. The standard InChI is InChI=1S/C14H29BrN6/c1-5-20(6-2)8-7-13(18-16)14-12(15)11-17-21(14)10-9-19(3)4/h11,13,18H,5-10,16H2,1-4H3. The largest absolute Gasteiger partial charge is 0.308 e. The van der Waals surface area contributed by atoms with Crippen LogP contribution in [0.15, 0.2) is 10.7 Å². The first-order chi connectivity index (χ1) is 10.0. The Morgan fingerprint density at radius 3 is 2.52 bits per heavy atom. The van der Waals surface area contributed by atoms with Crippen LogP contribution in [0, 0.1) is 0 Å². The van der Waals surface area contributed by atoms with Crippen LogP contribution in [-0.4, -0.2) is 59.9 Å². The average molecular weight is 361 g/mol. The Hall–Kier alpha value is -0.470. The van der Waals surface area contributed by atoms with Crippen LogP contribution in [0.25, 0.3) is 0 Å². The number of nitrogens with two attached hydrogens (primary N) is 1. The number of hydrogen-bond acceptors (Lipinski definition) is 5. The molecule has 0 saturated carbocycles. The van der Waals surface area contributed by atoms with Crippen LogP contribution in [-0.2, 0) is 6.54 Å². The van der Waals surface area contributed by atoms with Crippen LogP contribution in [0.3, 0.4) is 0 Å². The molecule has 0 saturated heterocycles. The molecule has 1 heterocycles. The second-order valence-electron chi connectivity index (χ2n) is 5.44. The highest BCUT2D eigenvalue weighted by molar-refractivity contribution is 9.10. The third-order valence-corrected chi connectivity index (χ3v) is 4.36. The van der Waals surface area contributed by atoms with Crippen molar-refractivity contribution >= 4 is 15.9 Å². The minimum absolute atomic E-state index is 0.102. The molecule has 6 nitrogen and oxygen atoms in total. The molecule has 0 radical (unpaired) electrons. The van der Waals surface area contributed by atoms with Gasteiger partial charge in [-0.25, -0.2) is 0 Å². The van der Waals surface area contributed by atoms with E-state index in [1.54, 1.807) is 0 Å². The molecule has 0 aliphatic heterocycles. The van der Waals surface area contributed by atoms with E-state index in [2.05, 4.69) is 64.2 Å². The number of halogens is 1. The van der Waals surface area contributed by atoms with Gasteiger partial charge >= 0.3 is 0 Å². The van der Waals surface area contributed by atoms with Gasteiger partial charge in [0.15, 0.2) is 0 Å². The molecule has 1 unspecified atom stereocenters. The Morgan fingerprint density at radius 2 is 2.00 bits per heavy atom. The van der Waals surface area contributed by atoms with Crippen LogP contribution in [0.2, 0.25) is 0 Å². The molecule has 0 aliphatic carbocycles. The maximum atomic E-state index is 5.79. The lowest BCUT2D eigenvalue weighted by Crippen LogP contribution is -2.34. The topological polar surface area (TPSA) is 62.4 Å². The van der Waals surface area contributed by atoms with Gasteiger partial charge < -0.3 is 9.80 Å². The Labute approximate surface area is 136 Å².